The van der Waals surface area contributed by atoms with Crippen molar-refractivity contribution < 1.29 is 9.47 Å². The molecule has 19 heavy (non-hydrogen) atoms. The summed E-state index contributed by atoms with van der Waals surface area (Å²) in [6.45, 7) is 8.94. The SMILES string of the molecule is CC(C)(C)SC1COC(C)(c2ccc(N)cc2N)O1. The number of hydrogen-bond acceptors (Lipinski definition) is 5. The van der Waals surface area contributed by atoms with Crippen molar-refractivity contribution in [3.63, 3.8) is 0 Å². The van der Waals surface area contributed by atoms with Gasteiger partial charge in [0, 0.05) is 21.7 Å². The fourth-order valence-corrected chi connectivity index (χ4v) is 3.29. The molecule has 1 aromatic carbocycles. The number of thioether (sulfide) groups is 1. The molecule has 0 aliphatic carbocycles. The van der Waals surface area contributed by atoms with Crippen LogP contribution in [0.15, 0.2) is 18.2 Å². The zero-order valence-corrected chi connectivity index (χ0v) is 12.7. The lowest BCUT2D eigenvalue weighted by Crippen LogP contribution is -2.25. The highest BCUT2D eigenvalue weighted by Crippen LogP contribution is 2.42. The molecule has 1 saturated heterocycles. The van der Waals surface area contributed by atoms with Crippen molar-refractivity contribution in [2.75, 3.05) is 18.1 Å². The van der Waals surface area contributed by atoms with E-state index in [0.29, 0.717) is 18.0 Å². The third-order valence-electron chi connectivity index (χ3n) is 2.90. The molecule has 2 rings (SSSR count). The molecule has 0 saturated carbocycles. The summed E-state index contributed by atoms with van der Waals surface area (Å²) in [5, 5.41) is 0. The van der Waals surface area contributed by atoms with Gasteiger partial charge in [0.25, 0.3) is 0 Å². The molecule has 1 aliphatic rings. The topological polar surface area (TPSA) is 70.5 Å². The molecule has 1 aromatic rings. The Morgan fingerprint density at radius 1 is 1.32 bits per heavy atom. The maximum absolute atomic E-state index is 6.05. The molecule has 1 fully saturated rings. The van der Waals surface area contributed by atoms with Gasteiger partial charge in [0.15, 0.2) is 5.79 Å². The van der Waals surface area contributed by atoms with Gasteiger partial charge in [0.05, 0.1) is 6.61 Å². The highest BCUT2D eigenvalue weighted by molar-refractivity contribution is 8.01. The van der Waals surface area contributed by atoms with Crippen LogP contribution in [0.3, 0.4) is 0 Å². The molecule has 0 aromatic heterocycles. The van der Waals surface area contributed by atoms with E-state index in [1.54, 1.807) is 17.8 Å². The van der Waals surface area contributed by atoms with Gasteiger partial charge in [-0.05, 0) is 25.1 Å². The van der Waals surface area contributed by atoms with E-state index in [2.05, 4.69) is 20.8 Å². The third-order valence-corrected chi connectivity index (χ3v) is 4.10. The fraction of sp³-hybridized carbons (Fsp3) is 0.571. The Balaban J connectivity index is 2.17. The van der Waals surface area contributed by atoms with E-state index in [1.165, 1.54) is 0 Å². The Kier molecular flexibility index (Phi) is 3.73. The van der Waals surface area contributed by atoms with Crippen LogP contribution >= 0.6 is 11.8 Å². The molecule has 4 N–H and O–H groups in total. The largest absolute Gasteiger partial charge is 0.399 e. The predicted molar refractivity (Wildman–Crippen MR) is 80.8 cm³/mol. The highest BCUT2D eigenvalue weighted by atomic mass is 32.2. The van der Waals surface area contributed by atoms with Crippen molar-refractivity contribution >= 4 is 23.1 Å². The van der Waals surface area contributed by atoms with Gasteiger partial charge in [-0.1, -0.05) is 20.8 Å². The molecule has 0 spiro atoms. The minimum Gasteiger partial charge on any atom is -0.399 e. The van der Waals surface area contributed by atoms with Gasteiger partial charge >= 0.3 is 0 Å². The number of nitrogens with two attached hydrogens (primary N) is 2. The van der Waals surface area contributed by atoms with Crippen LogP contribution in [0.1, 0.15) is 33.3 Å². The van der Waals surface area contributed by atoms with E-state index in [9.17, 15) is 0 Å². The smallest absolute Gasteiger partial charge is 0.195 e. The maximum atomic E-state index is 6.05. The second-order valence-electron chi connectivity index (χ2n) is 5.88. The first kappa shape index (κ1) is 14.5. The van der Waals surface area contributed by atoms with Crippen LogP contribution in [-0.2, 0) is 15.3 Å². The molecule has 5 heteroatoms. The Labute approximate surface area is 118 Å². The van der Waals surface area contributed by atoms with Crippen LogP contribution in [0.2, 0.25) is 0 Å². The second kappa shape index (κ2) is 4.89. The van der Waals surface area contributed by atoms with Crippen LogP contribution in [0.4, 0.5) is 11.4 Å². The predicted octanol–water partition coefficient (Wildman–Crippen LogP) is 2.93. The first-order valence-electron chi connectivity index (χ1n) is 6.35. The molecule has 4 nitrogen and oxygen atoms in total. The van der Waals surface area contributed by atoms with E-state index in [4.69, 9.17) is 20.9 Å². The van der Waals surface area contributed by atoms with Crippen LogP contribution in [-0.4, -0.2) is 16.8 Å². The molecule has 2 atom stereocenters. The minimum absolute atomic E-state index is 0.0157. The Bertz CT molecular complexity index is 473. The zero-order chi connectivity index (χ0) is 14.3. The fourth-order valence-electron chi connectivity index (χ4n) is 2.13. The van der Waals surface area contributed by atoms with Gasteiger partial charge in [-0.2, -0.15) is 0 Å². The van der Waals surface area contributed by atoms with Gasteiger partial charge in [-0.15, -0.1) is 11.8 Å². The molecular weight excluding hydrogens is 260 g/mol. The van der Waals surface area contributed by atoms with E-state index in [0.717, 1.165) is 5.56 Å². The van der Waals surface area contributed by atoms with Crippen molar-refractivity contribution in [2.24, 2.45) is 0 Å². The van der Waals surface area contributed by atoms with Crippen molar-refractivity contribution in [2.45, 2.75) is 43.7 Å². The van der Waals surface area contributed by atoms with E-state index in [1.807, 2.05) is 19.1 Å². The van der Waals surface area contributed by atoms with Crippen LogP contribution in [0.25, 0.3) is 0 Å². The summed E-state index contributed by atoms with van der Waals surface area (Å²) in [5.41, 5.74) is 13.8. The number of hydrogen-bond donors (Lipinski definition) is 2. The number of rotatable bonds is 2. The molecule has 0 radical (unpaired) electrons. The number of anilines is 2. The number of benzene rings is 1. The van der Waals surface area contributed by atoms with Crippen LogP contribution in [0, 0.1) is 0 Å². The summed E-state index contributed by atoms with van der Waals surface area (Å²) in [6, 6.07) is 5.42. The lowest BCUT2D eigenvalue weighted by Gasteiger charge is -2.27. The molecule has 0 bridgehead atoms. The molecule has 1 heterocycles. The summed E-state index contributed by atoms with van der Waals surface area (Å²) < 4.78 is 12.0. The standard InChI is InChI=1S/C14H22N2O2S/c1-13(2,3)19-12-8-17-14(4,18-12)10-6-5-9(15)7-11(10)16/h5-7,12H,8,15-16H2,1-4H3. The summed E-state index contributed by atoms with van der Waals surface area (Å²) in [6.07, 6.45) is 0. The maximum Gasteiger partial charge on any atom is 0.195 e. The summed E-state index contributed by atoms with van der Waals surface area (Å²) in [4.78, 5) is 0. The quantitative estimate of drug-likeness (QED) is 0.816. The Morgan fingerprint density at radius 2 is 2.00 bits per heavy atom. The van der Waals surface area contributed by atoms with Gasteiger partial charge in [0.2, 0.25) is 0 Å². The van der Waals surface area contributed by atoms with E-state index >= 15 is 0 Å². The van der Waals surface area contributed by atoms with Gasteiger partial charge < -0.3 is 20.9 Å². The summed E-state index contributed by atoms with van der Waals surface area (Å²) in [7, 11) is 0. The van der Waals surface area contributed by atoms with Gasteiger partial charge in [-0.3, -0.25) is 0 Å². The average molecular weight is 282 g/mol. The minimum atomic E-state index is -0.791. The van der Waals surface area contributed by atoms with Crippen molar-refractivity contribution in [1.82, 2.24) is 0 Å². The summed E-state index contributed by atoms with van der Waals surface area (Å²) in [5.74, 6) is -0.791. The Hall–Kier alpha value is -0.910. The summed E-state index contributed by atoms with van der Waals surface area (Å²) >= 11 is 1.76. The lowest BCUT2D eigenvalue weighted by atomic mass is 10.0. The molecule has 2 unspecified atom stereocenters. The normalized spacial score (nSPS) is 27.7. The van der Waals surface area contributed by atoms with Crippen molar-refractivity contribution in [3.05, 3.63) is 23.8 Å². The Morgan fingerprint density at radius 3 is 2.58 bits per heavy atom. The highest BCUT2D eigenvalue weighted by Gasteiger charge is 2.41. The molecule has 106 valence electrons. The lowest BCUT2D eigenvalue weighted by molar-refractivity contribution is -0.152. The van der Waals surface area contributed by atoms with Gasteiger partial charge in [0.1, 0.15) is 5.44 Å². The van der Waals surface area contributed by atoms with E-state index in [-0.39, 0.29) is 10.2 Å². The van der Waals surface area contributed by atoms with Crippen LogP contribution < -0.4 is 11.5 Å². The monoisotopic (exact) mass is 282 g/mol. The number of nitrogen functional groups attached to an aromatic ring is 2. The first-order valence-corrected chi connectivity index (χ1v) is 7.23. The van der Waals surface area contributed by atoms with E-state index < -0.39 is 5.79 Å². The molecule has 0 amide bonds. The third kappa shape index (κ3) is 3.35. The first-order chi connectivity index (χ1) is 8.70. The molecule has 1 aliphatic heterocycles. The second-order valence-corrected chi connectivity index (χ2v) is 7.87. The number of ether oxygens (including phenoxy) is 2. The van der Waals surface area contributed by atoms with Crippen molar-refractivity contribution in [3.8, 4) is 0 Å². The molecular formula is C14H22N2O2S. The van der Waals surface area contributed by atoms with Gasteiger partial charge in [-0.25, -0.2) is 0 Å². The van der Waals surface area contributed by atoms with Crippen LogP contribution in [0.5, 0.6) is 0 Å². The zero-order valence-electron chi connectivity index (χ0n) is 11.9. The van der Waals surface area contributed by atoms with Crippen molar-refractivity contribution in [1.29, 1.82) is 0 Å². The average Bonchev–Trinajstić information content (AvgIpc) is 2.57.